The van der Waals surface area contributed by atoms with E-state index in [1.807, 2.05) is 18.2 Å². The summed E-state index contributed by atoms with van der Waals surface area (Å²) in [6, 6.07) is 9.88. The first-order valence-corrected chi connectivity index (χ1v) is 8.90. The maximum absolute atomic E-state index is 13.1. The standard InChI is InChI=1S/C20H24FN3O2/c1-14-12-16(21)5-6-17(14)23-19(25)13-24-10-7-15(8-11-24)20(26)18-4-2-3-9-22-18/h2-6,9,12,15,20,26H,7-8,10-11,13H2,1H3,(H,23,25)/t20-/m1/s1. The summed E-state index contributed by atoms with van der Waals surface area (Å²) < 4.78 is 13.1. The lowest BCUT2D eigenvalue weighted by molar-refractivity contribution is -0.117. The van der Waals surface area contributed by atoms with E-state index in [0.717, 1.165) is 25.9 Å². The number of aliphatic hydroxyl groups is 1. The maximum atomic E-state index is 13.1. The lowest BCUT2D eigenvalue weighted by atomic mass is 9.89. The molecule has 2 N–H and O–H groups in total. The van der Waals surface area contributed by atoms with Gasteiger partial charge in [0.05, 0.1) is 18.3 Å². The average Bonchev–Trinajstić information content (AvgIpc) is 2.65. The number of benzene rings is 1. The van der Waals surface area contributed by atoms with Gasteiger partial charge in [-0.25, -0.2) is 4.39 Å². The Labute approximate surface area is 152 Å². The van der Waals surface area contributed by atoms with Crippen molar-refractivity contribution in [2.24, 2.45) is 5.92 Å². The Bertz CT molecular complexity index is 746. The summed E-state index contributed by atoms with van der Waals surface area (Å²) in [5, 5.41) is 13.3. The normalized spacial score (nSPS) is 17.0. The molecule has 0 bridgehead atoms. The number of amides is 1. The smallest absolute Gasteiger partial charge is 0.238 e. The van der Waals surface area contributed by atoms with Crippen molar-refractivity contribution in [3.8, 4) is 0 Å². The molecule has 2 aromatic rings. The largest absolute Gasteiger partial charge is 0.387 e. The molecule has 26 heavy (non-hydrogen) atoms. The van der Waals surface area contributed by atoms with Crippen LogP contribution in [0.25, 0.3) is 0 Å². The molecule has 1 fully saturated rings. The van der Waals surface area contributed by atoms with Crippen molar-refractivity contribution in [2.45, 2.75) is 25.9 Å². The number of pyridine rings is 1. The summed E-state index contributed by atoms with van der Waals surface area (Å²) in [7, 11) is 0. The molecule has 0 spiro atoms. The Morgan fingerprint density at radius 3 is 2.77 bits per heavy atom. The van der Waals surface area contributed by atoms with Crippen molar-refractivity contribution in [3.63, 3.8) is 0 Å². The van der Waals surface area contributed by atoms with Crippen molar-refractivity contribution < 1.29 is 14.3 Å². The Hall–Kier alpha value is -2.31. The molecule has 0 unspecified atom stereocenters. The van der Waals surface area contributed by atoms with Crippen LogP contribution in [0.1, 0.15) is 30.2 Å². The van der Waals surface area contributed by atoms with Gasteiger partial charge in [-0.15, -0.1) is 0 Å². The van der Waals surface area contributed by atoms with Gasteiger partial charge in [0.25, 0.3) is 0 Å². The van der Waals surface area contributed by atoms with E-state index in [1.165, 1.54) is 12.1 Å². The monoisotopic (exact) mass is 357 g/mol. The third-order valence-corrected chi connectivity index (χ3v) is 4.90. The molecule has 0 radical (unpaired) electrons. The topological polar surface area (TPSA) is 65.5 Å². The molecule has 1 aromatic carbocycles. The number of likely N-dealkylation sites (tertiary alicyclic amines) is 1. The number of nitrogens with zero attached hydrogens (tertiary/aromatic N) is 2. The highest BCUT2D eigenvalue weighted by molar-refractivity contribution is 5.92. The van der Waals surface area contributed by atoms with Crippen LogP contribution in [0.4, 0.5) is 10.1 Å². The van der Waals surface area contributed by atoms with Gasteiger partial charge in [-0.1, -0.05) is 6.07 Å². The van der Waals surface area contributed by atoms with Crippen molar-refractivity contribution in [2.75, 3.05) is 25.0 Å². The van der Waals surface area contributed by atoms with Crippen LogP contribution in [0.3, 0.4) is 0 Å². The van der Waals surface area contributed by atoms with Crippen LogP contribution in [0, 0.1) is 18.7 Å². The van der Waals surface area contributed by atoms with Gasteiger partial charge < -0.3 is 10.4 Å². The van der Waals surface area contributed by atoms with Gasteiger partial charge in [-0.2, -0.15) is 0 Å². The van der Waals surface area contributed by atoms with Crippen LogP contribution in [0.15, 0.2) is 42.6 Å². The fourth-order valence-corrected chi connectivity index (χ4v) is 3.38. The Morgan fingerprint density at radius 2 is 2.12 bits per heavy atom. The van der Waals surface area contributed by atoms with Crippen LogP contribution < -0.4 is 5.32 Å². The van der Waals surface area contributed by atoms with E-state index in [1.54, 1.807) is 19.2 Å². The number of halogens is 1. The number of carbonyl (C=O) groups is 1. The van der Waals surface area contributed by atoms with Crippen molar-refractivity contribution in [3.05, 3.63) is 59.7 Å². The molecule has 5 nitrogen and oxygen atoms in total. The van der Waals surface area contributed by atoms with Gasteiger partial charge in [0.2, 0.25) is 5.91 Å². The van der Waals surface area contributed by atoms with Crippen molar-refractivity contribution in [1.29, 1.82) is 0 Å². The van der Waals surface area contributed by atoms with Crippen LogP contribution in [0.5, 0.6) is 0 Å². The minimum absolute atomic E-state index is 0.108. The number of carbonyl (C=O) groups excluding carboxylic acids is 1. The van der Waals surface area contributed by atoms with Crippen LogP contribution in [-0.2, 0) is 4.79 Å². The number of rotatable bonds is 5. The Kier molecular flexibility index (Phi) is 5.96. The second-order valence-electron chi connectivity index (χ2n) is 6.82. The number of hydrogen-bond donors (Lipinski definition) is 2. The summed E-state index contributed by atoms with van der Waals surface area (Å²) in [5.41, 5.74) is 2.04. The molecule has 1 aliphatic rings. The van der Waals surface area contributed by atoms with Gasteiger partial charge in [-0.3, -0.25) is 14.7 Å². The summed E-state index contributed by atoms with van der Waals surface area (Å²) >= 11 is 0. The lowest BCUT2D eigenvalue weighted by Gasteiger charge is -2.33. The molecule has 1 aliphatic heterocycles. The molecular formula is C20H24FN3O2. The number of aliphatic hydroxyl groups excluding tert-OH is 1. The number of aromatic nitrogens is 1. The Morgan fingerprint density at radius 1 is 1.35 bits per heavy atom. The Balaban J connectivity index is 1.48. The molecule has 2 heterocycles. The van der Waals surface area contributed by atoms with Crippen molar-refractivity contribution >= 4 is 11.6 Å². The first-order valence-electron chi connectivity index (χ1n) is 8.90. The second-order valence-corrected chi connectivity index (χ2v) is 6.82. The highest BCUT2D eigenvalue weighted by atomic mass is 19.1. The SMILES string of the molecule is Cc1cc(F)ccc1NC(=O)CN1CCC([C@@H](O)c2ccccn2)CC1. The summed E-state index contributed by atoms with van der Waals surface area (Å²) in [6.45, 7) is 3.57. The maximum Gasteiger partial charge on any atom is 0.238 e. The van der Waals surface area contributed by atoms with E-state index in [2.05, 4.69) is 15.2 Å². The van der Waals surface area contributed by atoms with Gasteiger partial charge in [0, 0.05) is 11.9 Å². The third-order valence-electron chi connectivity index (χ3n) is 4.90. The molecule has 3 rings (SSSR count). The van der Waals surface area contributed by atoms with Crippen LogP contribution in [-0.4, -0.2) is 40.5 Å². The molecule has 138 valence electrons. The average molecular weight is 357 g/mol. The van der Waals surface area contributed by atoms with Crippen molar-refractivity contribution in [1.82, 2.24) is 9.88 Å². The number of nitrogens with one attached hydrogen (secondary N) is 1. The zero-order valence-electron chi connectivity index (χ0n) is 14.9. The predicted molar refractivity (Wildman–Crippen MR) is 98.1 cm³/mol. The minimum atomic E-state index is -0.561. The molecule has 1 amide bonds. The molecule has 0 saturated carbocycles. The van der Waals surface area contributed by atoms with E-state index in [9.17, 15) is 14.3 Å². The van der Waals surface area contributed by atoms with Gasteiger partial charge in [-0.05, 0) is 74.7 Å². The quantitative estimate of drug-likeness (QED) is 0.864. The van der Waals surface area contributed by atoms with Crippen LogP contribution in [0.2, 0.25) is 0 Å². The van der Waals surface area contributed by atoms with E-state index < -0.39 is 6.10 Å². The molecular weight excluding hydrogens is 333 g/mol. The van der Waals surface area contributed by atoms with E-state index in [4.69, 9.17) is 0 Å². The first-order chi connectivity index (χ1) is 12.5. The summed E-state index contributed by atoms with van der Waals surface area (Å²) in [4.78, 5) is 18.6. The highest BCUT2D eigenvalue weighted by Gasteiger charge is 2.27. The first kappa shape index (κ1) is 18.5. The van der Waals surface area contributed by atoms with Gasteiger partial charge >= 0.3 is 0 Å². The number of piperidine rings is 1. The van der Waals surface area contributed by atoms with Gasteiger partial charge in [0.1, 0.15) is 5.82 Å². The fourth-order valence-electron chi connectivity index (χ4n) is 3.38. The molecule has 1 saturated heterocycles. The van der Waals surface area contributed by atoms with E-state index in [-0.39, 0.29) is 17.6 Å². The molecule has 0 aliphatic carbocycles. The zero-order valence-corrected chi connectivity index (χ0v) is 14.9. The van der Waals surface area contributed by atoms with Crippen LogP contribution >= 0.6 is 0 Å². The molecule has 1 atom stereocenters. The fraction of sp³-hybridized carbons (Fsp3) is 0.400. The minimum Gasteiger partial charge on any atom is -0.387 e. The second kappa shape index (κ2) is 8.38. The molecule has 1 aromatic heterocycles. The molecule has 6 heteroatoms. The predicted octanol–water partition coefficient (Wildman–Crippen LogP) is 2.91. The number of aryl methyl sites for hydroxylation is 1. The zero-order chi connectivity index (χ0) is 18.5. The summed E-state index contributed by atoms with van der Waals surface area (Å²) in [5.74, 6) is -0.263. The van der Waals surface area contributed by atoms with E-state index in [0.29, 0.717) is 23.5 Å². The number of hydrogen-bond acceptors (Lipinski definition) is 4. The van der Waals surface area contributed by atoms with E-state index >= 15 is 0 Å². The summed E-state index contributed by atoms with van der Waals surface area (Å²) in [6.07, 6.45) is 2.77. The lowest BCUT2D eigenvalue weighted by Crippen LogP contribution is -2.40. The third kappa shape index (κ3) is 4.65. The van der Waals surface area contributed by atoms with Gasteiger partial charge in [0.15, 0.2) is 0 Å². The number of anilines is 1. The highest BCUT2D eigenvalue weighted by Crippen LogP contribution is 2.29.